The van der Waals surface area contributed by atoms with E-state index in [9.17, 15) is 18.0 Å². The number of alkyl halides is 3. The molecule has 1 atom stereocenters. The molecule has 3 rings (SSSR count). The van der Waals surface area contributed by atoms with Gasteiger partial charge in [0, 0.05) is 36.4 Å². The summed E-state index contributed by atoms with van der Waals surface area (Å²) in [5.41, 5.74) is 2.33. The second-order valence-electron chi connectivity index (χ2n) is 8.61. The number of hydrogen-bond acceptors (Lipinski definition) is 5. The van der Waals surface area contributed by atoms with Gasteiger partial charge in [0.05, 0.1) is 24.9 Å². The molecule has 0 fully saturated rings. The van der Waals surface area contributed by atoms with Crippen molar-refractivity contribution in [2.24, 2.45) is 0 Å². The Balaban J connectivity index is 1.61. The second kappa shape index (κ2) is 13.1. The SMILES string of the molecule is CCOC(=O)CCc1ccc(OCCC(C)Oc2ccc(C(F)(F)F)cc2-c2cccnc2)cc1CC. The first-order valence-electron chi connectivity index (χ1n) is 12.4. The van der Waals surface area contributed by atoms with Crippen LogP contribution in [0.15, 0.2) is 60.9 Å². The summed E-state index contributed by atoms with van der Waals surface area (Å²) in [6.45, 7) is 6.43. The Labute approximate surface area is 215 Å². The molecule has 8 heteroatoms. The van der Waals surface area contributed by atoms with Crippen LogP contribution in [0.5, 0.6) is 11.5 Å². The average molecular weight is 516 g/mol. The van der Waals surface area contributed by atoms with Gasteiger partial charge in [-0.2, -0.15) is 13.2 Å². The number of aromatic nitrogens is 1. The van der Waals surface area contributed by atoms with E-state index in [4.69, 9.17) is 14.2 Å². The lowest BCUT2D eigenvalue weighted by Crippen LogP contribution is -2.16. The van der Waals surface area contributed by atoms with E-state index in [-0.39, 0.29) is 12.1 Å². The number of carbonyl (C=O) groups is 1. The van der Waals surface area contributed by atoms with Crippen LogP contribution in [0.1, 0.15) is 50.3 Å². The first-order chi connectivity index (χ1) is 17.7. The van der Waals surface area contributed by atoms with E-state index in [1.165, 1.54) is 12.3 Å². The molecule has 0 amide bonds. The summed E-state index contributed by atoms with van der Waals surface area (Å²) in [7, 11) is 0. The summed E-state index contributed by atoms with van der Waals surface area (Å²) in [5.74, 6) is 0.862. The standard InChI is InChI=1S/C29H32F3NO4/c1-4-21-17-25(11-8-22(21)9-13-28(34)35-5-2)36-16-14-20(3)37-27-12-10-24(29(30,31)32)18-26(27)23-7-6-15-33-19-23/h6-8,10-12,15,17-20H,4-5,9,13-14,16H2,1-3H3. The molecule has 0 spiro atoms. The lowest BCUT2D eigenvalue weighted by Gasteiger charge is -2.19. The number of halogens is 3. The molecule has 0 aliphatic rings. The van der Waals surface area contributed by atoms with E-state index < -0.39 is 11.7 Å². The van der Waals surface area contributed by atoms with Crippen LogP contribution in [0.4, 0.5) is 13.2 Å². The zero-order valence-corrected chi connectivity index (χ0v) is 21.3. The zero-order chi connectivity index (χ0) is 26.8. The molecule has 0 bridgehead atoms. The Morgan fingerprint density at radius 2 is 1.86 bits per heavy atom. The fraction of sp³-hybridized carbons (Fsp3) is 0.379. The quantitative estimate of drug-likeness (QED) is 0.242. The molecule has 0 aliphatic heterocycles. The lowest BCUT2D eigenvalue weighted by molar-refractivity contribution is -0.143. The predicted molar refractivity (Wildman–Crippen MR) is 136 cm³/mol. The van der Waals surface area contributed by atoms with Crippen molar-refractivity contribution in [2.75, 3.05) is 13.2 Å². The maximum atomic E-state index is 13.3. The average Bonchev–Trinajstić information content (AvgIpc) is 2.88. The number of aryl methyl sites for hydroxylation is 2. The van der Waals surface area contributed by atoms with E-state index in [2.05, 4.69) is 4.98 Å². The Kier molecular flexibility index (Phi) is 9.94. The van der Waals surface area contributed by atoms with Gasteiger partial charge in [-0.1, -0.05) is 19.1 Å². The third-order valence-corrected chi connectivity index (χ3v) is 5.86. The molecular formula is C29H32F3NO4. The van der Waals surface area contributed by atoms with Crippen molar-refractivity contribution in [2.45, 2.75) is 58.7 Å². The molecule has 37 heavy (non-hydrogen) atoms. The van der Waals surface area contributed by atoms with Crippen LogP contribution >= 0.6 is 0 Å². The van der Waals surface area contributed by atoms with Gasteiger partial charge in [0.1, 0.15) is 11.5 Å². The topological polar surface area (TPSA) is 57.7 Å². The molecule has 1 unspecified atom stereocenters. The summed E-state index contributed by atoms with van der Waals surface area (Å²) < 4.78 is 56.9. The van der Waals surface area contributed by atoms with Crippen molar-refractivity contribution in [3.63, 3.8) is 0 Å². The van der Waals surface area contributed by atoms with E-state index in [0.717, 1.165) is 35.4 Å². The third-order valence-electron chi connectivity index (χ3n) is 5.86. The first-order valence-corrected chi connectivity index (χ1v) is 12.4. The van der Waals surface area contributed by atoms with Crippen molar-refractivity contribution in [3.8, 4) is 22.6 Å². The van der Waals surface area contributed by atoms with Gasteiger partial charge >= 0.3 is 12.1 Å². The van der Waals surface area contributed by atoms with Gasteiger partial charge in [-0.25, -0.2) is 0 Å². The van der Waals surface area contributed by atoms with Crippen molar-refractivity contribution >= 4 is 5.97 Å². The van der Waals surface area contributed by atoms with Crippen LogP contribution in [0.2, 0.25) is 0 Å². The Bertz CT molecular complexity index is 1170. The summed E-state index contributed by atoms with van der Waals surface area (Å²) >= 11 is 0. The van der Waals surface area contributed by atoms with Gasteiger partial charge in [0.2, 0.25) is 0 Å². The lowest BCUT2D eigenvalue weighted by atomic mass is 10.0. The molecule has 2 aromatic carbocycles. The highest BCUT2D eigenvalue weighted by molar-refractivity contribution is 5.71. The Morgan fingerprint density at radius 1 is 1.05 bits per heavy atom. The van der Waals surface area contributed by atoms with Gasteiger partial charge in [0.25, 0.3) is 0 Å². The van der Waals surface area contributed by atoms with Crippen LogP contribution in [-0.2, 0) is 28.5 Å². The van der Waals surface area contributed by atoms with Crippen molar-refractivity contribution in [1.29, 1.82) is 0 Å². The largest absolute Gasteiger partial charge is 0.493 e. The minimum absolute atomic E-state index is 0.210. The predicted octanol–water partition coefficient (Wildman–Crippen LogP) is 7.06. The molecule has 0 aliphatic carbocycles. The number of hydrogen-bond donors (Lipinski definition) is 0. The van der Waals surface area contributed by atoms with Crippen LogP contribution < -0.4 is 9.47 Å². The number of pyridine rings is 1. The van der Waals surface area contributed by atoms with Crippen LogP contribution in [0.25, 0.3) is 11.1 Å². The molecule has 0 saturated carbocycles. The molecule has 0 radical (unpaired) electrons. The van der Waals surface area contributed by atoms with Gasteiger partial charge < -0.3 is 14.2 Å². The first kappa shape index (κ1) is 28.0. The van der Waals surface area contributed by atoms with Gasteiger partial charge in [-0.05, 0) is 74.2 Å². The fourth-order valence-corrected chi connectivity index (χ4v) is 3.91. The van der Waals surface area contributed by atoms with Crippen molar-refractivity contribution in [1.82, 2.24) is 4.98 Å². The maximum absolute atomic E-state index is 13.3. The van der Waals surface area contributed by atoms with Gasteiger partial charge in [0.15, 0.2) is 0 Å². The second-order valence-corrected chi connectivity index (χ2v) is 8.61. The van der Waals surface area contributed by atoms with Crippen molar-refractivity contribution < 1.29 is 32.2 Å². The monoisotopic (exact) mass is 515 g/mol. The summed E-state index contributed by atoms with van der Waals surface area (Å²) in [5, 5.41) is 0. The minimum Gasteiger partial charge on any atom is -0.493 e. The molecule has 0 N–H and O–H groups in total. The summed E-state index contributed by atoms with van der Waals surface area (Å²) in [4.78, 5) is 15.7. The van der Waals surface area contributed by atoms with Gasteiger partial charge in [-0.15, -0.1) is 0 Å². The highest BCUT2D eigenvalue weighted by Gasteiger charge is 2.31. The highest BCUT2D eigenvalue weighted by atomic mass is 19.4. The molecule has 1 aromatic heterocycles. The molecule has 0 saturated heterocycles. The number of nitrogens with zero attached hydrogens (tertiary/aromatic N) is 1. The summed E-state index contributed by atoms with van der Waals surface area (Å²) in [6, 6.07) is 12.7. The number of benzene rings is 2. The third kappa shape index (κ3) is 8.23. The van der Waals surface area contributed by atoms with Crippen molar-refractivity contribution in [3.05, 3.63) is 77.6 Å². The van der Waals surface area contributed by atoms with E-state index in [1.54, 1.807) is 25.3 Å². The van der Waals surface area contributed by atoms with E-state index in [1.807, 2.05) is 32.0 Å². The molecule has 198 valence electrons. The minimum atomic E-state index is -4.46. The van der Waals surface area contributed by atoms with Crippen LogP contribution in [0, 0.1) is 0 Å². The molecular weight excluding hydrogens is 483 g/mol. The summed E-state index contributed by atoms with van der Waals surface area (Å²) in [6.07, 6.45) is 0.592. The Hall–Kier alpha value is -3.55. The highest BCUT2D eigenvalue weighted by Crippen LogP contribution is 2.37. The van der Waals surface area contributed by atoms with Gasteiger partial charge in [-0.3, -0.25) is 9.78 Å². The van der Waals surface area contributed by atoms with E-state index >= 15 is 0 Å². The Morgan fingerprint density at radius 3 is 2.54 bits per heavy atom. The van der Waals surface area contributed by atoms with E-state index in [0.29, 0.717) is 49.4 Å². The number of ether oxygens (including phenoxy) is 3. The molecule has 1 heterocycles. The maximum Gasteiger partial charge on any atom is 0.416 e. The smallest absolute Gasteiger partial charge is 0.416 e. The fourth-order valence-electron chi connectivity index (χ4n) is 3.91. The molecule has 3 aromatic rings. The molecule has 5 nitrogen and oxygen atoms in total. The zero-order valence-electron chi connectivity index (χ0n) is 21.3. The van der Waals surface area contributed by atoms with Crippen LogP contribution in [0.3, 0.4) is 0 Å². The number of carbonyl (C=O) groups excluding carboxylic acids is 1. The normalized spacial score (nSPS) is 12.2. The van der Waals surface area contributed by atoms with Crippen LogP contribution in [-0.4, -0.2) is 30.3 Å². The number of rotatable bonds is 12. The number of esters is 1.